The molecule has 33 heavy (non-hydrogen) atoms. The van der Waals surface area contributed by atoms with E-state index < -0.39 is 0 Å². The Morgan fingerprint density at radius 2 is 1.42 bits per heavy atom. The molecule has 2 atom stereocenters. The summed E-state index contributed by atoms with van der Waals surface area (Å²) in [5.41, 5.74) is 4.73. The number of piperazine rings is 1. The summed E-state index contributed by atoms with van der Waals surface area (Å²) in [5.74, 6) is 0.344. The molecule has 0 aliphatic carbocycles. The number of fused-ring (bicyclic) bond motifs is 1. The van der Waals surface area contributed by atoms with Crippen molar-refractivity contribution in [3.63, 3.8) is 0 Å². The topological polar surface area (TPSA) is 30.3 Å². The van der Waals surface area contributed by atoms with Crippen molar-refractivity contribution in [2.75, 3.05) is 19.6 Å². The third-order valence-corrected chi connectivity index (χ3v) is 7.00. The lowest BCUT2D eigenvalue weighted by Gasteiger charge is -2.47. The van der Waals surface area contributed by atoms with Crippen LogP contribution in [0.25, 0.3) is 0 Å². The average molecular weight is 480 g/mol. The Bertz CT molecular complexity index is 1010. The fourth-order valence-electron chi connectivity index (χ4n) is 5.62. The van der Waals surface area contributed by atoms with Crippen LogP contribution in [0.3, 0.4) is 0 Å². The molecule has 0 bridgehead atoms. The second kappa shape index (κ2) is 11.7. The van der Waals surface area contributed by atoms with Crippen molar-refractivity contribution in [3.8, 4) is 6.07 Å². The fourth-order valence-corrected chi connectivity index (χ4v) is 5.62. The molecule has 2 fully saturated rings. The van der Waals surface area contributed by atoms with Gasteiger partial charge in [0, 0.05) is 37.6 Å². The molecule has 3 aromatic rings. The highest BCUT2D eigenvalue weighted by molar-refractivity contribution is 5.85. The van der Waals surface area contributed by atoms with E-state index in [1.807, 2.05) is 12.1 Å². The second-order valence-corrected chi connectivity index (χ2v) is 8.86. The lowest BCUT2D eigenvalue weighted by molar-refractivity contribution is 0.0383. The van der Waals surface area contributed by atoms with Crippen molar-refractivity contribution >= 4 is 24.8 Å². The summed E-state index contributed by atoms with van der Waals surface area (Å²) in [4.78, 5) is 5.36. The molecular formula is C28H31Cl2N3. The van der Waals surface area contributed by atoms with E-state index in [-0.39, 0.29) is 24.8 Å². The minimum Gasteiger partial charge on any atom is -0.296 e. The monoisotopic (exact) mass is 479 g/mol. The summed E-state index contributed by atoms with van der Waals surface area (Å²) in [6, 6.07) is 33.5. The number of halogens is 2. The van der Waals surface area contributed by atoms with Gasteiger partial charge in [-0.05, 0) is 42.1 Å². The molecule has 0 spiro atoms. The van der Waals surface area contributed by atoms with E-state index in [0.29, 0.717) is 18.0 Å². The van der Waals surface area contributed by atoms with Gasteiger partial charge >= 0.3 is 0 Å². The zero-order valence-corrected chi connectivity index (χ0v) is 20.3. The zero-order valence-electron chi connectivity index (χ0n) is 18.7. The second-order valence-electron chi connectivity index (χ2n) is 8.86. The van der Waals surface area contributed by atoms with Gasteiger partial charge in [-0.25, -0.2) is 0 Å². The normalized spacial score (nSPS) is 20.4. The zero-order chi connectivity index (χ0) is 21.0. The first-order valence-electron chi connectivity index (χ1n) is 11.4. The molecule has 0 radical (unpaired) electrons. The van der Waals surface area contributed by atoms with Gasteiger partial charge in [-0.2, -0.15) is 5.26 Å². The van der Waals surface area contributed by atoms with Crippen LogP contribution in [-0.4, -0.2) is 41.5 Å². The Morgan fingerprint density at radius 1 is 0.818 bits per heavy atom. The molecule has 0 saturated carbocycles. The number of rotatable bonds is 5. The molecule has 5 heteroatoms. The predicted octanol–water partition coefficient (Wildman–Crippen LogP) is 5.88. The van der Waals surface area contributed by atoms with Crippen LogP contribution in [0.15, 0.2) is 84.9 Å². The van der Waals surface area contributed by atoms with Crippen LogP contribution in [0.4, 0.5) is 0 Å². The molecule has 0 aromatic heterocycles. The summed E-state index contributed by atoms with van der Waals surface area (Å²) < 4.78 is 0. The lowest BCUT2D eigenvalue weighted by atomic mass is 9.82. The molecule has 2 saturated heterocycles. The smallest absolute Gasteiger partial charge is 0.0995 e. The van der Waals surface area contributed by atoms with Crippen LogP contribution in [0.1, 0.15) is 41.0 Å². The van der Waals surface area contributed by atoms with Gasteiger partial charge in [-0.1, -0.05) is 78.9 Å². The largest absolute Gasteiger partial charge is 0.296 e. The van der Waals surface area contributed by atoms with E-state index in [9.17, 15) is 5.26 Å². The first-order chi connectivity index (χ1) is 15.3. The van der Waals surface area contributed by atoms with Gasteiger partial charge in [0.2, 0.25) is 0 Å². The van der Waals surface area contributed by atoms with Gasteiger partial charge in [0.1, 0.15) is 0 Å². The summed E-state index contributed by atoms with van der Waals surface area (Å²) in [5, 5.41) is 9.56. The maximum Gasteiger partial charge on any atom is 0.0995 e. The first-order valence-corrected chi connectivity index (χ1v) is 11.4. The number of nitrogens with zero attached hydrogens (tertiary/aromatic N) is 3. The Morgan fingerprint density at radius 3 is 2.06 bits per heavy atom. The van der Waals surface area contributed by atoms with Crippen LogP contribution in [-0.2, 0) is 6.54 Å². The molecular weight excluding hydrogens is 449 g/mol. The quantitative estimate of drug-likeness (QED) is 0.457. The molecule has 2 aliphatic heterocycles. The highest BCUT2D eigenvalue weighted by Gasteiger charge is 2.41. The molecule has 0 amide bonds. The number of nitriles is 1. The van der Waals surface area contributed by atoms with E-state index in [4.69, 9.17) is 0 Å². The number of hydrogen-bond donors (Lipinski definition) is 0. The Labute approximate surface area is 209 Å². The summed E-state index contributed by atoms with van der Waals surface area (Å²) in [6.45, 7) is 4.15. The van der Waals surface area contributed by atoms with Crippen LogP contribution in [0.2, 0.25) is 0 Å². The number of hydrogen-bond acceptors (Lipinski definition) is 3. The Kier molecular flexibility index (Phi) is 8.95. The molecule has 0 N–H and O–H groups in total. The molecule has 2 heterocycles. The van der Waals surface area contributed by atoms with Crippen molar-refractivity contribution in [2.45, 2.75) is 37.4 Å². The van der Waals surface area contributed by atoms with Gasteiger partial charge < -0.3 is 0 Å². The van der Waals surface area contributed by atoms with E-state index in [1.165, 1.54) is 30.5 Å². The minimum atomic E-state index is 0. The molecule has 2 aliphatic rings. The standard InChI is InChI=1S/C28H29N3.2ClH/c29-18-24-14-7-8-15-25(24)19-30-20-26-16-9-17-31(26)27(21-30)28(22-10-3-1-4-11-22)23-12-5-2-6-13-23;;/h1-8,10-15,26-28H,9,16-17,19-21H2;2*1H/t26-,27-;;/m0../s1. The summed E-state index contributed by atoms with van der Waals surface area (Å²) in [6.07, 6.45) is 2.54. The molecule has 3 aromatic carbocycles. The van der Waals surface area contributed by atoms with Gasteiger partial charge in [0.15, 0.2) is 0 Å². The summed E-state index contributed by atoms with van der Waals surface area (Å²) in [7, 11) is 0. The highest BCUT2D eigenvalue weighted by atomic mass is 35.5. The maximum absolute atomic E-state index is 9.56. The predicted molar refractivity (Wildman–Crippen MR) is 139 cm³/mol. The molecule has 172 valence electrons. The van der Waals surface area contributed by atoms with Gasteiger partial charge in [-0.3, -0.25) is 9.80 Å². The van der Waals surface area contributed by atoms with Crippen molar-refractivity contribution < 1.29 is 0 Å². The van der Waals surface area contributed by atoms with E-state index in [1.54, 1.807) is 0 Å². The fraction of sp³-hybridized carbons (Fsp3) is 0.321. The van der Waals surface area contributed by atoms with Crippen LogP contribution in [0, 0.1) is 11.3 Å². The highest BCUT2D eigenvalue weighted by Crippen LogP contribution is 2.37. The average Bonchev–Trinajstić information content (AvgIpc) is 3.30. The third kappa shape index (κ3) is 5.42. The van der Waals surface area contributed by atoms with Gasteiger partial charge in [0.05, 0.1) is 11.6 Å². The van der Waals surface area contributed by atoms with Crippen molar-refractivity contribution in [1.29, 1.82) is 5.26 Å². The minimum absolute atomic E-state index is 0. The van der Waals surface area contributed by atoms with E-state index in [2.05, 4.69) is 88.7 Å². The Hall–Kier alpha value is -2.35. The van der Waals surface area contributed by atoms with Crippen molar-refractivity contribution in [2.24, 2.45) is 0 Å². The van der Waals surface area contributed by atoms with Crippen molar-refractivity contribution in [1.82, 2.24) is 9.80 Å². The maximum atomic E-state index is 9.56. The van der Waals surface area contributed by atoms with Crippen LogP contribution < -0.4 is 0 Å². The van der Waals surface area contributed by atoms with Crippen molar-refractivity contribution in [3.05, 3.63) is 107 Å². The van der Waals surface area contributed by atoms with E-state index >= 15 is 0 Å². The van der Waals surface area contributed by atoms with Crippen LogP contribution >= 0.6 is 24.8 Å². The molecule has 3 nitrogen and oxygen atoms in total. The van der Waals surface area contributed by atoms with Crippen LogP contribution in [0.5, 0.6) is 0 Å². The first kappa shape index (κ1) is 25.3. The van der Waals surface area contributed by atoms with Gasteiger partial charge in [0.25, 0.3) is 0 Å². The third-order valence-electron chi connectivity index (χ3n) is 7.00. The molecule has 5 rings (SSSR count). The van der Waals surface area contributed by atoms with Gasteiger partial charge in [-0.15, -0.1) is 24.8 Å². The van der Waals surface area contributed by atoms with E-state index in [0.717, 1.165) is 30.8 Å². The molecule has 0 unspecified atom stereocenters. The Balaban J connectivity index is 0.00000153. The summed E-state index contributed by atoms with van der Waals surface area (Å²) >= 11 is 0. The SMILES string of the molecule is Cl.Cl.N#Cc1ccccc1CN1C[C@@H]2CCCN2[C@H](C(c2ccccc2)c2ccccc2)C1. The lowest BCUT2D eigenvalue weighted by Crippen LogP contribution is -2.57. The number of benzene rings is 3.